The highest BCUT2D eigenvalue weighted by Gasteiger charge is 2.09. The first-order valence-corrected chi connectivity index (χ1v) is 5.88. The van der Waals surface area contributed by atoms with Crippen molar-refractivity contribution < 1.29 is 0 Å². The SMILES string of the molecule is Cc1cnc(C(C)Nc2cccc(N)n2)s1. The van der Waals surface area contributed by atoms with E-state index in [4.69, 9.17) is 5.73 Å². The average Bonchev–Trinajstić information content (AvgIpc) is 2.65. The number of nitrogens with two attached hydrogens (primary N) is 1. The third kappa shape index (κ3) is 2.49. The number of hydrogen-bond acceptors (Lipinski definition) is 5. The van der Waals surface area contributed by atoms with Gasteiger partial charge in [-0.1, -0.05) is 6.07 Å². The lowest BCUT2D eigenvalue weighted by atomic mass is 10.3. The van der Waals surface area contributed by atoms with Crippen molar-refractivity contribution in [3.63, 3.8) is 0 Å². The molecule has 4 nitrogen and oxygen atoms in total. The second kappa shape index (κ2) is 4.49. The molecule has 0 saturated carbocycles. The number of thiazole rings is 1. The van der Waals surface area contributed by atoms with Crippen LogP contribution in [0.2, 0.25) is 0 Å². The van der Waals surface area contributed by atoms with Gasteiger partial charge in [0.15, 0.2) is 0 Å². The van der Waals surface area contributed by atoms with Gasteiger partial charge in [0.25, 0.3) is 0 Å². The van der Waals surface area contributed by atoms with Crippen LogP contribution < -0.4 is 11.1 Å². The molecular formula is C11H14N4S. The maximum absolute atomic E-state index is 5.61. The van der Waals surface area contributed by atoms with E-state index in [1.807, 2.05) is 25.3 Å². The summed E-state index contributed by atoms with van der Waals surface area (Å²) in [6.07, 6.45) is 1.88. The third-order valence-electron chi connectivity index (χ3n) is 2.14. The summed E-state index contributed by atoms with van der Waals surface area (Å²) in [4.78, 5) is 9.73. The highest BCUT2D eigenvalue weighted by molar-refractivity contribution is 7.11. The van der Waals surface area contributed by atoms with Gasteiger partial charge in [-0.3, -0.25) is 0 Å². The van der Waals surface area contributed by atoms with Crippen LogP contribution in [0.5, 0.6) is 0 Å². The lowest BCUT2D eigenvalue weighted by Gasteiger charge is -2.11. The van der Waals surface area contributed by atoms with Crippen molar-refractivity contribution in [1.29, 1.82) is 0 Å². The largest absolute Gasteiger partial charge is 0.384 e. The lowest BCUT2D eigenvalue weighted by Crippen LogP contribution is -2.08. The summed E-state index contributed by atoms with van der Waals surface area (Å²) in [7, 11) is 0. The summed E-state index contributed by atoms with van der Waals surface area (Å²) < 4.78 is 0. The van der Waals surface area contributed by atoms with E-state index in [1.54, 1.807) is 17.4 Å². The molecule has 2 aromatic heterocycles. The van der Waals surface area contributed by atoms with Crippen LogP contribution in [-0.4, -0.2) is 9.97 Å². The van der Waals surface area contributed by atoms with Crippen molar-refractivity contribution in [2.45, 2.75) is 19.9 Å². The number of aryl methyl sites for hydroxylation is 1. The van der Waals surface area contributed by atoms with E-state index in [1.165, 1.54) is 4.88 Å². The summed E-state index contributed by atoms with van der Waals surface area (Å²) in [6.45, 7) is 4.11. The zero-order valence-corrected chi connectivity index (χ0v) is 10.1. The summed E-state index contributed by atoms with van der Waals surface area (Å²) in [5, 5.41) is 4.33. The van der Waals surface area contributed by atoms with Gasteiger partial charge in [-0.25, -0.2) is 9.97 Å². The molecule has 2 aromatic rings. The molecule has 5 heteroatoms. The van der Waals surface area contributed by atoms with Crippen molar-refractivity contribution in [2.24, 2.45) is 0 Å². The molecule has 1 unspecified atom stereocenters. The maximum atomic E-state index is 5.61. The monoisotopic (exact) mass is 234 g/mol. The molecule has 0 aliphatic heterocycles. The number of aromatic nitrogens is 2. The van der Waals surface area contributed by atoms with Crippen LogP contribution in [0, 0.1) is 6.92 Å². The molecule has 0 saturated heterocycles. The highest BCUT2D eigenvalue weighted by atomic mass is 32.1. The second-order valence-electron chi connectivity index (χ2n) is 3.62. The Morgan fingerprint density at radius 1 is 1.44 bits per heavy atom. The van der Waals surface area contributed by atoms with Crippen LogP contribution in [0.25, 0.3) is 0 Å². The van der Waals surface area contributed by atoms with Crippen LogP contribution in [0.3, 0.4) is 0 Å². The minimum atomic E-state index is 0.146. The van der Waals surface area contributed by atoms with E-state index in [0.717, 1.165) is 10.8 Å². The van der Waals surface area contributed by atoms with Crippen molar-refractivity contribution in [1.82, 2.24) is 9.97 Å². The molecule has 0 aromatic carbocycles. The zero-order valence-electron chi connectivity index (χ0n) is 9.27. The van der Waals surface area contributed by atoms with Gasteiger partial charge in [-0.05, 0) is 26.0 Å². The third-order valence-corrected chi connectivity index (χ3v) is 3.24. The van der Waals surface area contributed by atoms with Gasteiger partial charge in [-0.2, -0.15) is 0 Å². The molecule has 84 valence electrons. The Morgan fingerprint density at radius 3 is 2.88 bits per heavy atom. The molecule has 0 radical (unpaired) electrons. The van der Waals surface area contributed by atoms with Gasteiger partial charge in [0.1, 0.15) is 16.6 Å². The molecular weight excluding hydrogens is 220 g/mol. The topological polar surface area (TPSA) is 63.8 Å². The van der Waals surface area contributed by atoms with Gasteiger partial charge in [0, 0.05) is 11.1 Å². The van der Waals surface area contributed by atoms with Gasteiger partial charge in [0.2, 0.25) is 0 Å². The van der Waals surface area contributed by atoms with E-state index < -0.39 is 0 Å². The Kier molecular flexibility index (Phi) is 3.05. The minimum Gasteiger partial charge on any atom is -0.384 e. The number of hydrogen-bond donors (Lipinski definition) is 2. The predicted molar refractivity (Wildman–Crippen MR) is 67.5 cm³/mol. The quantitative estimate of drug-likeness (QED) is 0.856. The van der Waals surface area contributed by atoms with E-state index in [0.29, 0.717) is 5.82 Å². The number of pyridine rings is 1. The van der Waals surface area contributed by atoms with Crippen LogP contribution in [0.4, 0.5) is 11.6 Å². The molecule has 2 heterocycles. The van der Waals surface area contributed by atoms with Crippen molar-refractivity contribution in [3.05, 3.63) is 34.3 Å². The minimum absolute atomic E-state index is 0.146. The summed E-state index contributed by atoms with van der Waals surface area (Å²) in [6, 6.07) is 5.69. The van der Waals surface area contributed by atoms with Crippen LogP contribution in [0.15, 0.2) is 24.4 Å². The number of anilines is 2. The molecule has 16 heavy (non-hydrogen) atoms. The van der Waals surface area contributed by atoms with Gasteiger partial charge in [0.05, 0.1) is 6.04 Å². The second-order valence-corrected chi connectivity index (χ2v) is 4.89. The fraction of sp³-hybridized carbons (Fsp3) is 0.273. The first-order valence-electron chi connectivity index (χ1n) is 5.06. The smallest absolute Gasteiger partial charge is 0.128 e. The van der Waals surface area contributed by atoms with Crippen LogP contribution >= 0.6 is 11.3 Å². The van der Waals surface area contributed by atoms with Gasteiger partial charge < -0.3 is 11.1 Å². The standard InChI is InChI=1S/C11H14N4S/c1-7-6-13-11(16-7)8(2)14-10-5-3-4-9(12)15-10/h3-6,8H,1-2H3,(H3,12,14,15). The molecule has 0 fully saturated rings. The molecule has 0 amide bonds. The van der Waals surface area contributed by atoms with E-state index >= 15 is 0 Å². The Labute approximate surface area is 98.6 Å². The normalized spacial score (nSPS) is 12.4. The predicted octanol–water partition coefficient (Wildman–Crippen LogP) is 2.60. The van der Waals surface area contributed by atoms with Gasteiger partial charge >= 0.3 is 0 Å². The number of nitrogens with zero attached hydrogens (tertiary/aromatic N) is 2. The van der Waals surface area contributed by atoms with E-state index in [-0.39, 0.29) is 6.04 Å². The summed E-state index contributed by atoms with van der Waals surface area (Å²) in [5.74, 6) is 1.30. The number of nitrogens with one attached hydrogen (secondary N) is 1. The van der Waals surface area contributed by atoms with Crippen molar-refractivity contribution in [3.8, 4) is 0 Å². The number of nitrogen functional groups attached to an aromatic ring is 1. The molecule has 0 aliphatic rings. The molecule has 2 rings (SSSR count). The number of rotatable bonds is 3. The Balaban J connectivity index is 2.10. The molecule has 0 bridgehead atoms. The highest BCUT2D eigenvalue weighted by Crippen LogP contribution is 2.22. The Hall–Kier alpha value is -1.62. The summed E-state index contributed by atoms with van der Waals surface area (Å²) in [5.41, 5.74) is 5.61. The lowest BCUT2D eigenvalue weighted by molar-refractivity contribution is 0.861. The molecule has 0 aliphatic carbocycles. The summed E-state index contributed by atoms with van der Waals surface area (Å²) >= 11 is 1.69. The van der Waals surface area contributed by atoms with Crippen molar-refractivity contribution in [2.75, 3.05) is 11.1 Å². The maximum Gasteiger partial charge on any atom is 0.128 e. The first kappa shape index (κ1) is 10.9. The van der Waals surface area contributed by atoms with Crippen LogP contribution in [-0.2, 0) is 0 Å². The fourth-order valence-electron chi connectivity index (χ4n) is 1.39. The first-order chi connectivity index (χ1) is 7.65. The van der Waals surface area contributed by atoms with E-state index in [2.05, 4.69) is 22.2 Å². The van der Waals surface area contributed by atoms with Crippen LogP contribution in [0.1, 0.15) is 22.9 Å². The molecule has 1 atom stereocenters. The average molecular weight is 234 g/mol. The Bertz CT molecular complexity index is 480. The molecule has 0 spiro atoms. The van der Waals surface area contributed by atoms with Gasteiger partial charge in [-0.15, -0.1) is 11.3 Å². The van der Waals surface area contributed by atoms with Crippen molar-refractivity contribution >= 4 is 23.0 Å². The molecule has 3 N–H and O–H groups in total. The Morgan fingerprint density at radius 2 is 2.25 bits per heavy atom. The zero-order chi connectivity index (χ0) is 11.5. The fourth-order valence-corrected chi connectivity index (χ4v) is 2.16. The van der Waals surface area contributed by atoms with E-state index in [9.17, 15) is 0 Å².